The van der Waals surface area contributed by atoms with Crippen molar-refractivity contribution in [2.24, 2.45) is 5.73 Å². The van der Waals surface area contributed by atoms with E-state index in [4.69, 9.17) is 10.5 Å². The molecule has 4 nitrogen and oxygen atoms in total. The molecule has 1 rings (SSSR count). The van der Waals surface area contributed by atoms with E-state index in [0.29, 0.717) is 6.61 Å². The van der Waals surface area contributed by atoms with Crippen molar-refractivity contribution >= 4 is 0 Å². The third-order valence-electron chi connectivity index (χ3n) is 2.40. The highest BCUT2D eigenvalue weighted by molar-refractivity contribution is 5.21. The molecule has 0 saturated heterocycles. The second-order valence-corrected chi connectivity index (χ2v) is 4.21. The van der Waals surface area contributed by atoms with Crippen LogP contribution in [0.1, 0.15) is 37.9 Å². The van der Waals surface area contributed by atoms with Gasteiger partial charge in [-0.2, -0.15) is 13.2 Å². The number of alkyl halides is 3. The van der Waals surface area contributed by atoms with Crippen LogP contribution in [0, 0.1) is 0 Å². The second-order valence-electron chi connectivity index (χ2n) is 4.21. The Kier molecular flexibility index (Phi) is 4.28. The molecule has 0 radical (unpaired) electrons. The number of hydrogen-bond donors (Lipinski definition) is 1. The maximum Gasteiger partial charge on any atom is 0.433 e. The number of rotatable bonds is 4. The van der Waals surface area contributed by atoms with Crippen LogP contribution in [0.2, 0.25) is 0 Å². The zero-order chi connectivity index (χ0) is 14.0. The maximum absolute atomic E-state index is 12.8. The molecule has 7 heteroatoms. The molecule has 0 amide bonds. The first kappa shape index (κ1) is 14.8. The van der Waals surface area contributed by atoms with Gasteiger partial charge in [-0.1, -0.05) is 0 Å². The zero-order valence-electron chi connectivity index (χ0n) is 10.5. The average molecular weight is 263 g/mol. The highest BCUT2D eigenvalue weighted by atomic mass is 19.4. The summed E-state index contributed by atoms with van der Waals surface area (Å²) in [6, 6.07) is 0. The van der Waals surface area contributed by atoms with Crippen LogP contribution in [-0.2, 0) is 23.1 Å². The monoisotopic (exact) mass is 263 g/mol. The highest BCUT2D eigenvalue weighted by Gasteiger charge is 2.37. The summed E-state index contributed by atoms with van der Waals surface area (Å²) in [6.07, 6.45) is -3.44. The van der Waals surface area contributed by atoms with Crippen LogP contribution in [0.3, 0.4) is 0 Å². The van der Waals surface area contributed by atoms with E-state index in [0.717, 1.165) is 6.20 Å². The molecule has 102 valence electrons. The molecule has 0 spiro atoms. The Morgan fingerprint density at radius 3 is 2.39 bits per heavy atom. The average Bonchev–Trinajstić information content (AvgIpc) is 2.27. The molecular formula is C11H16F3N3O. The fourth-order valence-corrected chi connectivity index (χ4v) is 1.52. The third kappa shape index (κ3) is 3.17. The van der Waals surface area contributed by atoms with Gasteiger partial charge in [0.15, 0.2) is 11.5 Å². The first-order chi connectivity index (χ1) is 8.22. The fourth-order valence-electron chi connectivity index (χ4n) is 1.52. The van der Waals surface area contributed by atoms with Gasteiger partial charge in [0.2, 0.25) is 0 Å². The molecule has 18 heavy (non-hydrogen) atoms. The minimum atomic E-state index is -4.55. The van der Waals surface area contributed by atoms with E-state index in [9.17, 15) is 13.2 Å². The summed E-state index contributed by atoms with van der Waals surface area (Å²) in [5.41, 5.74) is 3.16. The Morgan fingerprint density at radius 1 is 1.33 bits per heavy atom. The minimum absolute atomic E-state index is 0.00567. The van der Waals surface area contributed by atoms with Gasteiger partial charge in [0, 0.05) is 24.9 Å². The molecule has 1 heterocycles. The van der Waals surface area contributed by atoms with E-state index >= 15 is 0 Å². The molecule has 0 saturated carbocycles. The number of halogens is 3. The summed E-state index contributed by atoms with van der Waals surface area (Å²) in [4.78, 5) is 7.46. The minimum Gasteiger partial charge on any atom is -0.368 e. The molecule has 0 fully saturated rings. The Hall–Kier alpha value is -1.21. The smallest absolute Gasteiger partial charge is 0.368 e. The first-order valence-electron chi connectivity index (χ1n) is 5.50. The lowest BCUT2D eigenvalue weighted by molar-refractivity contribution is -0.142. The lowest BCUT2D eigenvalue weighted by atomic mass is 10.1. The maximum atomic E-state index is 12.8. The van der Waals surface area contributed by atoms with Crippen molar-refractivity contribution in [3.05, 3.63) is 23.3 Å². The standard InChI is InChI=1S/C11H16F3N3O/c1-4-18-10(2,3)9-16-6-7(5-15)8(17-9)11(12,13)14/h6H,4-5,15H2,1-3H3. The molecule has 0 bridgehead atoms. The number of hydrogen-bond acceptors (Lipinski definition) is 4. The van der Waals surface area contributed by atoms with Gasteiger partial charge in [-0.15, -0.1) is 0 Å². The Labute approximate surface area is 103 Å². The number of nitrogens with two attached hydrogens (primary N) is 1. The molecule has 0 aliphatic rings. The van der Waals surface area contributed by atoms with Gasteiger partial charge < -0.3 is 10.5 Å². The van der Waals surface area contributed by atoms with E-state index in [1.54, 1.807) is 20.8 Å². The molecule has 1 aromatic rings. The molecule has 0 aliphatic carbocycles. The quantitative estimate of drug-likeness (QED) is 0.904. The number of nitrogens with zero attached hydrogens (tertiary/aromatic N) is 2. The molecule has 0 atom stereocenters. The van der Waals surface area contributed by atoms with E-state index in [1.165, 1.54) is 0 Å². The molecule has 2 N–H and O–H groups in total. The van der Waals surface area contributed by atoms with Crippen molar-refractivity contribution in [2.45, 2.75) is 39.1 Å². The van der Waals surface area contributed by atoms with Crippen molar-refractivity contribution in [3.63, 3.8) is 0 Å². The van der Waals surface area contributed by atoms with Gasteiger partial charge in [0.05, 0.1) is 0 Å². The largest absolute Gasteiger partial charge is 0.433 e. The zero-order valence-corrected chi connectivity index (χ0v) is 10.5. The number of ether oxygens (including phenoxy) is 1. The third-order valence-corrected chi connectivity index (χ3v) is 2.40. The van der Waals surface area contributed by atoms with Gasteiger partial charge in [0.1, 0.15) is 5.60 Å². The molecule has 1 aromatic heterocycles. The van der Waals surface area contributed by atoms with Crippen LogP contribution in [0.15, 0.2) is 6.20 Å². The van der Waals surface area contributed by atoms with Crippen molar-refractivity contribution < 1.29 is 17.9 Å². The van der Waals surface area contributed by atoms with Crippen molar-refractivity contribution in [3.8, 4) is 0 Å². The SMILES string of the molecule is CCOC(C)(C)c1ncc(CN)c(C(F)(F)F)n1. The summed E-state index contributed by atoms with van der Waals surface area (Å²) < 4.78 is 43.7. The molecule has 0 aliphatic heterocycles. The molecule has 0 aromatic carbocycles. The van der Waals surface area contributed by atoms with Crippen LogP contribution >= 0.6 is 0 Å². The Bertz CT molecular complexity index is 418. The van der Waals surface area contributed by atoms with Gasteiger partial charge in [-0.25, -0.2) is 9.97 Å². The highest BCUT2D eigenvalue weighted by Crippen LogP contribution is 2.32. The van der Waals surface area contributed by atoms with E-state index < -0.39 is 17.5 Å². The van der Waals surface area contributed by atoms with Crippen molar-refractivity contribution in [1.29, 1.82) is 0 Å². The van der Waals surface area contributed by atoms with Crippen LogP contribution in [0.5, 0.6) is 0 Å². The van der Waals surface area contributed by atoms with E-state index in [1.807, 2.05) is 0 Å². The normalized spacial score (nSPS) is 12.8. The topological polar surface area (TPSA) is 61.0 Å². The lowest BCUT2D eigenvalue weighted by Gasteiger charge is -2.24. The summed E-state index contributed by atoms with van der Waals surface area (Å²) >= 11 is 0. The van der Waals surface area contributed by atoms with Crippen LogP contribution < -0.4 is 5.73 Å². The summed E-state index contributed by atoms with van der Waals surface area (Å²) in [6.45, 7) is 5.09. The van der Waals surface area contributed by atoms with Crippen LogP contribution in [-0.4, -0.2) is 16.6 Å². The fraction of sp³-hybridized carbons (Fsp3) is 0.636. The summed E-state index contributed by atoms with van der Waals surface area (Å²) in [7, 11) is 0. The number of aromatic nitrogens is 2. The lowest BCUT2D eigenvalue weighted by Crippen LogP contribution is -2.27. The second kappa shape index (κ2) is 5.19. The van der Waals surface area contributed by atoms with Gasteiger partial charge in [-0.3, -0.25) is 0 Å². The van der Waals surface area contributed by atoms with Gasteiger partial charge in [0.25, 0.3) is 0 Å². The van der Waals surface area contributed by atoms with Crippen LogP contribution in [0.25, 0.3) is 0 Å². The predicted octanol–water partition coefficient (Wildman–Crippen LogP) is 2.23. The summed E-state index contributed by atoms with van der Waals surface area (Å²) in [5, 5.41) is 0. The Balaban J connectivity index is 3.27. The van der Waals surface area contributed by atoms with Gasteiger partial charge in [-0.05, 0) is 20.8 Å². The van der Waals surface area contributed by atoms with Crippen LogP contribution in [0.4, 0.5) is 13.2 Å². The van der Waals surface area contributed by atoms with E-state index in [2.05, 4.69) is 9.97 Å². The van der Waals surface area contributed by atoms with E-state index in [-0.39, 0.29) is 17.9 Å². The molecule has 0 unspecified atom stereocenters. The van der Waals surface area contributed by atoms with Crippen molar-refractivity contribution in [1.82, 2.24) is 9.97 Å². The van der Waals surface area contributed by atoms with Crippen molar-refractivity contribution in [2.75, 3.05) is 6.61 Å². The Morgan fingerprint density at radius 2 is 1.94 bits per heavy atom. The molecular weight excluding hydrogens is 247 g/mol. The van der Waals surface area contributed by atoms with Gasteiger partial charge >= 0.3 is 6.18 Å². The summed E-state index contributed by atoms with van der Waals surface area (Å²) in [5.74, 6) is -0.00567. The first-order valence-corrected chi connectivity index (χ1v) is 5.50. The predicted molar refractivity (Wildman–Crippen MR) is 59.6 cm³/mol.